The molecule has 1 atom stereocenters. The molecule has 2 amide bonds. The Bertz CT molecular complexity index is 1950. The Balaban J connectivity index is 1.23. The minimum Gasteiger partial charge on any atom is -0.394 e. The largest absolute Gasteiger partial charge is 0.394 e. The Morgan fingerprint density at radius 1 is 0.940 bits per heavy atom. The van der Waals surface area contributed by atoms with Crippen LogP contribution >= 0.6 is 0 Å². The number of nitrogens with one attached hydrogen (secondary N) is 1. The lowest BCUT2D eigenvalue weighted by molar-refractivity contribution is 0.0577. The number of aliphatic hydroxyl groups excluding tert-OH is 1. The van der Waals surface area contributed by atoms with Gasteiger partial charge in [-0.25, -0.2) is 4.21 Å². The van der Waals surface area contributed by atoms with Crippen molar-refractivity contribution in [3.8, 4) is 11.8 Å². The number of nitrogens with zero attached hydrogens (tertiary/aromatic N) is 6. The molecular weight excluding hydrogens is 655 g/mol. The predicted octanol–water partition coefficient (Wildman–Crippen LogP) is 3.46. The fourth-order valence-corrected chi connectivity index (χ4v) is 7.49. The molecule has 2 N–H and O–H groups in total. The van der Waals surface area contributed by atoms with E-state index in [1.54, 1.807) is 67.8 Å². The van der Waals surface area contributed by atoms with E-state index in [0.29, 0.717) is 47.0 Å². The van der Waals surface area contributed by atoms with Gasteiger partial charge in [-0.05, 0) is 62.4 Å². The second-order valence-electron chi connectivity index (χ2n) is 12.0. The Morgan fingerprint density at radius 3 is 2.40 bits per heavy atom. The number of hydrogen-bond acceptors (Lipinski definition) is 9. The van der Waals surface area contributed by atoms with Gasteiger partial charge >= 0.3 is 0 Å². The first-order chi connectivity index (χ1) is 24.2. The van der Waals surface area contributed by atoms with E-state index in [1.165, 1.54) is 10.9 Å². The molecule has 0 bridgehead atoms. The van der Waals surface area contributed by atoms with E-state index in [2.05, 4.69) is 41.4 Å². The Labute approximate surface area is 293 Å². The Kier molecular flexibility index (Phi) is 13.0. The molecule has 2 aromatic carbocycles. The number of piperazine rings is 1. The molecule has 0 saturated carbocycles. The van der Waals surface area contributed by atoms with Crippen LogP contribution in [0, 0.1) is 18.8 Å². The van der Waals surface area contributed by atoms with Crippen molar-refractivity contribution >= 4 is 27.2 Å². The van der Waals surface area contributed by atoms with E-state index in [-0.39, 0.29) is 23.8 Å². The van der Waals surface area contributed by atoms with Crippen molar-refractivity contribution in [1.29, 1.82) is 0 Å². The van der Waals surface area contributed by atoms with Crippen molar-refractivity contribution in [2.75, 3.05) is 70.2 Å². The van der Waals surface area contributed by atoms with Gasteiger partial charge in [-0.15, -0.1) is 0 Å². The first-order valence-electron chi connectivity index (χ1n) is 16.6. The molecule has 0 spiro atoms. The molecule has 13 heteroatoms. The summed E-state index contributed by atoms with van der Waals surface area (Å²) in [6, 6.07) is 19.4. The number of aryl methyl sites for hydroxylation is 2. The summed E-state index contributed by atoms with van der Waals surface area (Å²) in [4.78, 5) is 35.6. The maximum absolute atomic E-state index is 14.3. The van der Waals surface area contributed by atoms with Crippen LogP contribution in [0.3, 0.4) is 0 Å². The minimum absolute atomic E-state index is 0.0317. The van der Waals surface area contributed by atoms with Gasteiger partial charge in [0.25, 0.3) is 11.8 Å². The van der Waals surface area contributed by atoms with Gasteiger partial charge in [0, 0.05) is 79.6 Å². The van der Waals surface area contributed by atoms with Crippen LogP contribution in [0.25, 0.3) is 0 Å². The molecule has 50 heavy (non-hydrogen) atoms. The molecule has 262 valence electrons. The van der Waals surface area contributed by atoms with Crippen LogP contribution in [0.5, 0.6) is 0 Å². The Morgan fingerprint density at radius 2 is 1.68 bits per heavy atom. The van der Waals surface area contributed by atoms with Gasteiger partial charge in [0.15, 0.2) is 0 Å². The second kappa shape index (κ2) is 17.8. The quantitative estimate of drug-likeness (QED) is 0.159. The van der Waals surface area contributed by atoms with Gasteiger partial charge in [-0.1, -0.05) is 36.1 Å². The number of aromatic nitrogens is 3. The summed E-state index contributed by atoms with van der Waals surface area (Å²) in [7, 11) is -1.33. The fraction of sp³-hybridized carbons (Fsp3) is 0.351. The zero-order chi connectivity index (χ0) is 35.3. The van der Waals surface area contributed by atoms with Crippen LogP contribution in [0.1, 0.15) is 44.1 Å². The SMILES string of the molecule is Cc1cc(C(=O)Nc2cccc(C#Cc3cncc(C(=O)N=[S@](=O)(CCCN4CCN(CCOCCO)CC4)c4ccccc4)c3)c2)n(C)n1. The predicted molar refractivity (Wildman–Crippen MR) is 192 cm³/mol. The first-order valence-corrected chi connectivity index (χ1v) is 18.3. The van der Waals surface area contributed by atoms with Gasteiger partial charge < -0.3 is 20.1 Å². The van der Waals surface area contributed by atoms with Gasteiger partial charge in [-0.3, -0.25) is 24.2 Å². The minimum atomic E-state index is -3.05. The molecule has 0 unspecified atom stereocenters. The number of amides is 2. The third-order valence-corrected chi connectivity index (χ3v) is 10.5. The highest BCUT2D eigenvalue weighted by Crippen LogP contribution is 2.18. The molecule has 2 aromatic heterocycles. The molecule has 1 saturated heterocycles. The highest BCUT2D eigenvalue weighted by Gasteiger charge is 2.20. The molecule has 0 aliphatic carbocycles. The number of ether oxygens (including phenoxy) is 1. The molecule has 0 radical (unpaired) electrons. The van der Waals surface area contributed by atoms with Crippen molar-refractivity contribution in [2.24, 2.45) is 11.4 Å². The van der Waals surface area contributed by atoms with E-state index < -0.39 is 15.6 Å². The summed E-state index contributed by atoms with van der Waals surface area (Å²) < 4.78 is 25.6. The zero-order valence-electron chi connectivity index (χ0n) is 28.5. The van der Waals surface area contributed by atoms with Crippen LogP contribution in [0.2, 0.25) is 0 Å². The van der Waals surface area contributed by atoms with Crippen molar-refractivity contribution < 1.29 is 23.6 Å². The van der Waals surface area contributed by atoms with E-state index in [0.717, 1.165) is 45.0 Å². The van der Waals surface area contributed by atoms with Crippen molar-refractivity contribution in [1.82, 2.24) is 24.6 Å². The number of rotatable bonds is 13. The summed E-state index contributed by atoms with van der Waals surface area (Å²) in [6.45, 7) is 8.02. The lowest BCUT2D eigenvalue weighted by Gasteiger charge is -2.34. The lowest BCUT2D eigenvalue weighted by atomic mass is 10.1. The molecule has 1 aliphatic rings. The van der Waals surface area contributed by atoms with Crippen molar-refractivity contribution in [3.05, 3.63) is 107 Å². The van der Waals surface area contributed by atoms with E-state index in [9.17, 15) is 13.8 Å². The number of anilines is 1. The first kappa shape index (κ1) is 36.6. The average molecular weight is 698 g/mol. The Hall–Kier alpha value is -4.71. The molecule has 4 aromatic rings. The van der Waals surface area contributed by atoms with Crippen LogP contribution in [0.4, 0.5) is 5.69 Å². The third-order valence-electron chi connectivity index (χ3n) is 8.18. The number of carbonyl (C=O) groups excluding carboxylic acids is 2. The van der Waals surface area contributed by atoms with Crippen LogP contribution in [-0.2, 0) is 21.5 Å². The molecule has 1 fully saturated rings. The number of carbonyl (C=O) groups is 2. The van der Waals surface area contributed by atoms with Crippen molar-refractivity contribution in [2.45, 2.75) is 18.2 Å². The van der Waals surface area contributed by atoms with E-state index >= 15 is 0 Å². The second-order valence-corrected chi connectivity index (χ2v) is 14.3. The molecular formula is C37H43N7O5S. The summed E-state index contributed by atoms with van der Waals surface area (Å²) in [6.07, 6.45) is 3.58. The highest BCUT2D eigenvalue weighted by molar-refractivity contribution is 7.94. The lowest BCUT2D eigenvalue weighted by Crippen LogP contribution is -2.47. The normalized spacial score (nSPS) is 14.7. The third kappa shape index (κ3) is 10.4. The average Bonchev–Trinajstić information content (AvgIpc) is 3.48. The van der Waals surface area contributed by atoms with E-state index in [4.69, 9.17) is 9.84 Å². The molecule has 5 rings (SSSR count). The topological polar surface area (TPSA) is 142 Å². The summed E-state index contributed by atoms with van der Waals surface area (Å²) >= 11 is 0. The van der Waals surface area contributed by atoms with Gasteiger partial charge in [0.2, 0.25) is 0 Å². The zero-order valence-corrected chi connectivity index (χ0v) is 29.3. The molecule has 1 aliphatic heterocycles. The fourth-order valence-electron chi connectivity index (χ4n) is 5.58. The monoisotopic (exact) mass is 697 g/mol. The number of benzene rings is 2. The number of aliphatic hydroxyl groups is 1. The van der Waals surface area contributed by atoms with Crippen molar-refractivity contribution in [3.63, 3.8) is 0 Å². The number of hydrogen-bond donors (Lipinski definition) is 2. The number of pyridine rings is 1. The standard InChI is InChI=1S/C37H43N7O5S/c1-29-24-35(42(2)40-29)37(47)39-33-9-6-8-30(26-33)12-13-31-25-32(28-38-27-31)36(46)41-50(48,34-10-4-3-5-11-34)23-7-14-43-15-17-44(18-16-43)19-21-49-22-20-45/h3-6,8-11,24-28,45H,7,14-23H2,1-2H3,(H,39,47)/t50-/m0/s1. The highest BCUT2D eigenvalue weighted by atomic mass is 32.2. The van der Waals surface area contributed by atoms with Crippen LogP contribution in [-0.4, -0.2) is 111 Å². The van der Waals surface area contributed by atoms with Gasteiger partial charge in [-0.2, -0.15) is 9.46 Å². The van der Waals surface area contributed by atoms with Crippen LogP contribution in [0.15, 0.2) is 88.4 Å². The van der Waals surface area contributed by atoms with E-state index in [1.807, 2.05) is 19.1 Å². The van der Waals surface area contributed by atoms with Gasteiger partial charge in [0.1, 0.15) is 5.69 Å². The molecule has 3 heterocycles. The van der Waals surface area contributed by atoms with Crippen LogP contribution < -0.4 is 5.32 Å². The maximum atomic E-state index is 14.3. The summed E-state index contributed by atoms with van der Waals surface area (Å²) in [5.41, 5.74) is 3.13. The summed E-state index contributed by atoms with van der Waals surface area (Å²) in [5.74, 6) is 5.46. The molecule has 12 nitrogen and oxygen atoms in total. The van der Waals surface area contributed by atoms with Gasteiger partial charge in [0.05, 0.1) is 40.8 Å². The smallest absolute Gasteiger partial charge is 0.286 e. The maximum Gasteiger partial charge on any atom is 0.286 e. The summed E-state index contributed by atoms with van der Waals surface area (Å²) in [5, 5.41) is 16.0.